The molecule has 1 atom stereocenters. The minimum absolute atomic E-state index is 0.106. The van der Waals surface area contributed by atoms with Gasteiger partial charge in [0.1, 0.15) is 6.04 Å². The summed E-state index contributed by atoms with van der Waals surface area (Å²) in [7, 11) is -3.56. The van der Waals surface area contributed by atoms with Crippen LogP contribution in [0.4, 0.5) is 5.69 Å². The molecule has 0 heterocycles. The van der Waals surface area contributed by atoms with E-state index in [1.54, 1.807) is 11.0 Å². The average Bonchev–Trinajstić information content (AvgIpc) is 2.91. The van der Waals surface area contributed by atoms with E-state index in [1.807, 2.05) is 93.6 Å². The molecule has 0 bridgehead atoms. The number of benzene rings is 3. The van der Waals surface area contributed by atoms with Crippen LogP contribution in [0.5, 0.6) is 0 Å². The molecule has 0 spiro atoms. The topological polar surface area (TPSA) is 86.8 Å². The normalized spacial score (nSPS) is 12.0. The van der Waals surface area contributed by atoms with Crippen molar-refractivity contribution in [3.8, 4) is 0 Å². The Morgan fingerprint density at radius 1 is 0.872 bits per heavy atom. The van der Waals surface area contributed by atoms with Gasteiger partial charge in [0.05, 0.1) is 11.9 Å². The molecule has 0 fully saturated rings. The molecule has 0 saturated carbocycles. The van der Waals surface area contributed by atoms with Crippen molar-refractivity contribution in [3.05, 3.63) is 101 Å². The number of rotatable bonds is 13. The number of sulfonamides is 1. The molecule has 0 aliphatic heterocycles. The van der Waals surface area contributed by atoms with Crippen LogP contribution < -0.4 is 9.62 Å². The van der Waals surface area contributed by atoms with Gasteiger partial charge in [-0.2, -0.15) is 0 Å². The molecular formula is C31H39N3O4S. The molecule has 208 valence electrons. The Kier molecular flexibility index (Phi) is 10.7. The number of hydrogen-bond donors (Lipinski definition) is 1. The Bertz CT molecular complexity index is 1340. The van der Waals surface area contributed by atoms with Gasteiger partial charge >= 0.3 is 0 Å². The van der Waals surface area contributed by atoms with Crippen LogP contribution in [0.1, 0.15) is 42.0 Å². The third-order valence-electron chi connectivity index (χ3n) is 6.81. The maximum absolute atomic E-state index is 13.8. The lowest BCUT2D eigenvalue weighted by Gasteiger charge is -2.32. The summed E-state index contributed by atoms with van der Waals surface area (Å²) >= 11 is 0. The van der Waals surface area contributed by atoms with E-state index in [9.17, 15) is 18.0 Å². The molecule has 1 unspecified atom stereocenters. The van der Waals surface area contributed by atoms with Crippen molar-refractivity contribution < 1.29 is 18.0 Å². The first-order chi connectivity index (χ1) is 18.6. The largest absolute Gasteiger partial charge is 0.355 e. The summed E-state index contributed by atoms with van der Waals surface area (Å²) in [5, 5.41) is 2.89. The number of carbonyl (C=O) groups is 2. The first-order valence-electron chi connectivity index (χ1n) is 13.3. The average molecular weight is 550 g/mol. The van der Waals surface area contributed by atoms with Gasteiger partial charge in [0.25, 0.3) is 0 Å². The second-order valence-electron chi connectivity index (χ2n) is 9.77. The maximum Gasteiger partial charge on any atom is 0.243 e. The van der Waals surface area contributed by atoms with Gasteiger partial charge in [0.2, 0.25) is 21.8 Å². The van der Waals surface area contributed by atoms with Gasteiger partial charge in [0.15, 0.2) is 0 Å². The van der Waals surface area contributed by atoms with Crippen LogP contribution >= 0.6 is 0 Å². The number of anilines is 1. The summed E-state index contributed by atoms with van der Waals surface area (Å²) < 4.78 is 26.8. The SMILES string of the molecule is CCNC(=O)C(Cc1ccccc1)N(Cc1ccccc1)C(=O)CCCN(c1cccc(C)c1C)S(C)(=O)=O. The monoisotopic (exact) mass is 549 g/mol. The van der Waals surface area contributed by atoms with E-state index in [4.69, 9.17) is 0 Å². The van der Waals surface area contributed by atoms with Crippen molar-refractivity contribution in [3.63, 3.8) is 0 Å². The molecule has 7 nitrogen and oxygen atoms in total. The third kappa shape index (κ3) is 8.42. The quantitative estimate of drug-likeness (QED) is 0.337. The van der Waals surface area contributed by atoms with Crippen LogP contribution in [0.25, 0.3) is 0 Å². The first-order valence-corrected chi connectivity index (χ1v) is 15.2. The summed E-state index contributed by atoms with van der Waals surface area (Å²) in [6.45, 7) is 6.60. The lowest BCUT2D eigenvalue weighted by molar-refractivity contribution is -0.141. The highest BCUT2D eigenvalue weighted by Gasteiger charge is 2.30. The minimum atomic E-state index is -3.56. The van der Waals surface area contributed by atoms with Crippen LogP contribution in [-0.4, -0.2) is 50.5 Å². The van der Waals surface area contributed by atoms with Crippen molar-refractivity contribution >= 4 is 27.5 Å². The predicted molar refractivity (Wildman–Crippen MR) is 157 cm³/mol. The van der Waals surface area contributed by atoms with Gasteiger partial charge in [-0.25, -0.2) is 8.42 Å². The van der Waals surface area contributed by atoms with E-state index in [-0.39, 0.29) is 31.3 Å². The van der Waals surface area contributed by atoms with E-state index in [1.165, 1.54) is 10.6 Å². The van der Waals surface area contributed by atoms with Gasteiger partial charge in [-0.05, 0) is 55.5 Å². The van der Waals surface area contributed by atoms with E-state index in [0.717, 1.165) is 22.3 Å². The Hall–Kier alpha value is -3.65. The fourth-order valence-corrected chi connectivity index (χ4v) is 5.63. The Morgan fingerprint density at radius 3 is 2.08 bits per heavy atom. The second-order valence-corrected chi connectivity index (χ2v) is 11.7. The van der Waals surface area contributed by atoms with Crippen molar-refractivity contribution in [1.29, 1.82) is 0 Å². The van der Waals surface area contributed by atoms with Crippen molar-refractivity contribution in [2.45, 2.75) is 52.6 Å². The Balaban J connectivity index is 1.86. The van der Waals surface area contributed by atoms with Crippen molar-refractivity contribution in [1.82, 2.24) is 10.2 Å². The standard InChI is InChI=1S/C31H39N3O4S/c1-5-32-31(36)29(22-26-15-8-6-9-16-26)33(23-27-17-10-7-11-18-27)30(35)20-13-21-34(39(4,37)38)28-19-12-14-24(2)25(28)3/h6-12,14-19,29H,5,13,20-23H2,1-4H3,(H,32,36). The lowest BCUT2D eigenvalue weighted by atomic mass is 10.0. The molecule has 2 amide bonds. The highest BCUT2D eigenvalue weighted by molar-refractivity contribution is 7.92. The van der Waals surface area contributed by atoms with Gasteiger partial charge in [0, 0.05) is 32.5 Å². The van der Waals surface area contributed by atoms with Crippen LogP contribution in [0.2, 0.25) is 0 Å². The fraction of sp³-hybridized carbons (Fsp3) is 0.355. The van der Waals surface area contributed by atoms with Gasteiger partial charge in [-0.1, -0.05) is 72.8 Å². The molecule has 0 aromatic heterocycles. The summed E-state index contributed by atoms with van der Waals surface area (Å²) in [6.07, 6.45) is 1.99. The number of hydrogen-bond acceptors (Lipinski definition) is 4. The summed E-state index contributed by atoms with van der Waals surface area (Å²) in [5.74, 6) is -0.403. The van der Waals surface area contributed by atoms with E-state index in [0.29, 0.717) is 25.1 Å². The lowest BCUT2D eigenvalue weighted by Crippen LogP contribution is -2.50. The molecule has 8 heteroatoms. The highest BCUT2D eigenvalue weighted by atomic mass is 32.2. The van der Waals surface area contributed by atoms with E-state index in [2.05, 4.69) is 5.32 Å². The van der Waals surface area contributed by atoms with Crippen molar-refractivity contribution in [2.75, 3.05) is 23.7 Å². The molecule has 1 N–H and O–H groups in total. The summed E-state index contributed by atoms with van der Waals surface area (Å²) in [5.41, 5.74) is 4.38. The summed E-state index contributed by atoms with van der Waals surface area (Å²) in [6, 6.07) is 24.1. The number of aryl methyl sites for hydroxylation is 1. The van der Waals surface area contributed by atoms with E-state index < -0.39 is 16.1 Å². The molecule has 39 heavy (non-hydrogen) atoms. The van der Waals surface area contributed by atoms with E-state index >= 15 is 0 Å². The van der Waals surface area contributed by atoms with Gasteiger partial charge < -0.3 is 10.2 Å². The first kappa shape index (κ1) is 29.9. The predicted octanol–water partition coefficient (Wildman–Crippen LogP) is 4.63. The van der Waals surface area contributed by atoms with Crippen LogP contribution in [0, 0.1) is 13.8 Å². The zero-order valence-corrected chi connectivity index (χ0v) is 24.1. The van der Waals surface area contributed by atoms with Crippen molar-refractivity contribution in [2.24, 2.45) is 0 Å². The molecule has 0 aliphatic carbocycles. The Morgan fingerprint density at radius 2 is 1.49 bits per heavy atom. The van der Waals surface area contributed by atoms with Gasteiger partial charge in [-0.3, -0.25) is 13.9 Å². The highest BCUT2D eigenvalue weighted by Crippen LogP contribution is 2.25. The third-order valence-corrected chi connectivity index (χ3v) is 7.99. The zero-order valence-electron chi connectivity index (χ0n) is 23.3. The van der Waals surface area contributed by atoms with Crippen LogP contribution in [0.3, 0.4) is 0 Å². The fourth-order valence-electron chi connectivity index (χ4n) is 4.61. The molecule has 3 aromatic carbocycles. The Labute approximate surface area is 232 Å². The molecule has 0 aliphatic rings. The summed E-state index contributed by atoms with van der Waals surface area (Å²) in [4.78, 5) is 28.6. The van der Waals surface area contributed by atoms with Crippen LogP contribution in [0.15, 0.2) is 78.9 Å². The minimum Gasteiger partial charge on any atom is -0.355 e. The zero-order chi connectivity index (χ0) is 28.4. The number of nitrogens with one attached hydrogen (secondary N) is 1. The number of carbonyl (C=O) groups excluding carboxylic acids is 2. The molecule has 0 saturated heterocycles. The molecular weight excluding hydrogens is 510 g/mol. The number of nitrogens with zero attached hydrogens (tertiary/aromatic N) is 2. The van der Waals surface area contributed by atoms with Crippen LogP contribution in [-0.2, 0) is 32.6 Å². The maximum atomic E-state index is 13.8. The number of likely N-dealkylation sites (N-methyl/N-ethyl adjacent to an activating group) is 1. The molecule has 0 radical (unpaired) electrons. The molecule has 3 rings (SSSR count). The smallest absolute Gasteiger partial charge is 0.243 e. The number of amides is 2. The molecule has 3 aromatic rings. The van der Waals surface area contributed by atoms with Gasteiger partial charge in [-0.15, -0.1) is 0 Å². The second kappa shape index (κ2) is 13.9.